The molecule has 0 aliphatic heterocycles. The van der Waals surface area contributed by atoms with Gasteiger partial charge in [0, 0.05) is 11.7 Å². The van der Waals surface area contributed by atoms with Crippen molar-refractivity contribution < 1.29 is 4.79 Å². The Kier molecular flexibility index (Phi) is 5.23. The van der Waals surface area contributed by atoms with E-state index in [2.05, 4.69) is 17.4 Å². The summed E-state index contributed by atoms with van der Waals surface area (Å²) in [6, 6.07) is 15.2. The fourth-order valence-corrected chi connectivity index (χ4v) is 2.32. The zero-order valence-corrected chi connectivity index (χ0v) is 12.7. The number of carbonyl (C=O) groups is 1. The van der Waals surface area contributed by atoms with Gasteiger partial charge in [0.1, 0.15) is 0 Å². The molecule has 0 aliphatic rings. The Labute approximate surface area is 130 Å². The molecule has 3 nitrogen and oxygen atoms in total. The number of amides is 1. The van der Waals surface area contributed by atoms with Crippen LogP contribution in [-0.2, 0) is 6.42 Å². The lowest BCUT2D eigenvalue weighted by molar-refractivity contribution is 0.0938. The molecular weight excluding hydrogens is 284 g/mol. The van der Waals surface area contributed by atoms with Gasteiger partial charge < -0.3 is 11.1 Å². The minimum Gasteiger partial charge on any atom is -0.399 e. The predicted molar refractivity (Wildman–Crippen MR) is 87.6 cm³/mol. The van der Waals surface area contributed by atoms with Crippen LogP contribution in [-0.4, -0.2) is 11.9 Å². The van der Waals surface area contributed by atoms with E-state index in [9.17, 15) is 4.79 Å². The highest BCUT2D eigenvalue weighted by atomic mass is 35.5. The molecule has 0 saturated carbocycles. The van der Waals surface area contributed by atoms with Crippen molar-refractivity contribution in [3.63, 3.8) is 0 Å². The SMILES string of the molecule is CC(CCc1ccccc1)NC(=O)c1cc(N)ccc1Cl. The third-order valence-electron chi connectivity index (χ3n) is 3.32. The minimum atomic E-state index is -0.187. The Balaban J connectivity index is 1.91. The molecule has 0 aromatic heterocycles. The van der Waals surface area contributed by atoms with Gasteiger partial charge in [-0.15, -0.1) is 0 Å². The lowest BCUT2D eigenvalue weighted by Gasteiger charge is -2.15. The molecular formula is C17H19ClN2O. The maximum absolute atomic E-state index is 12.2. The molecule has 1 unspecified atom stereocenters. The monoisotopic (exact) mass is 302 g/mol. The van der Waals surface area contributed by atoms with Gasteiger partial charge in [-0.2, -0.15) is 0 Å². The van der Waals surface area contributed by atoms with E-state index in [1.807, 2.05) is 25.1 Å². The summed E-state index contributed by atoms with van der Waals surface area (Å²) in [7, 11) is 0. The number of nitrogens with two attached hydrogens (primary N) is 1. The summed E-state index contributed by atoms with van der Waals surface area (Å²) in [6.07, 6.45) is 1.79. The van der Waals surface area contributed by atoms with Crippen LogP contribution in [0.5, 0.6) is 0 Å². The minimum absolute atomic E-state index is 0.0650. The van der Waals surface area contributed by atoms with Crippen LogP contribution in [0, 0.1) is 0 Å². The molecule has 3 N–H and O–H groups in total. The van der Waals surface area contributed by atoms with E-state index < -0.39 is 0 Å². The molecule has 0 aliphatic carbocycles. The van der Waals surface area contributed by atoms with Crippen LogP contribution < -0.4 is 11.1 Å². The molecule has 4 heteroatoms. The number of benzene rings is 2. The van der Waals surface area contributed by atoms with Crippen LogP contribution in [0.1, 0.15) is 29.3 Å². The van der Waals surface area contributed by atoms with Crippen LogP contribution >= 0.6 is 11.6 Å². The van der Waals surface area contributed by atoms with Crippen molar-refractivity contribution in [3.05, 3.63) is 64.7 Å². The summed E-state index contributed by atoms with van der Waals surface area (Å²) in [4.78, 5) is 12.2. The molecule has 0 saturated heterocycles. The highest BCUT2D eigenvalue weighted by Gasteiger charge is 2.13. The first-order valence-electron chi connectivity index (χ1n) is 6.96. The average Bonchev–Trinajstić information content (AvgIpc) is 2.48. The molecule has 2 aromatic carbocycles. The Morgan fingerprint density at radius 1 is 1.24 bits per heavy atom. The second kappa shape index (κ2) is 7.14. The highest BCUT2D eigenvalue weighted by Crippen LogP contribution is 2.19. The summed E-state index contributed by atoms with van der Waals surface area (Å²) in [6.45, 7) is 1.99. The van der Waals surface area contributed by atoms with Gasteiger partial charge in [0.15, 0.2) is 0 Å². The fraction of sp³-hybridized carbons (Fsp3) is 0.235. The Morgan fingerprint density at radius 3 is 2.67 bits per heavy atom. The molecule has 0 heterocycles. The summed E-state index contributed by atoms with van der Waals surface area (Å²) < 4.78 is 0. The molecule has 1 atom stereocenters. The van der Waals surface area contributed by atoms with Crippen LogP contribution in [0.15, 0.2) is 48.5 Å². The fourth-order valence-electron chi connectivity index (χ4n) is 2.12. The van der Waals surface area contributed by atoms with Crippen molar-refractivity contribution in [2.24, 2.45) is 0 Å². The summed E-state index contributed by atoms with van der Waals surface area (Å²) in [5.41, 5.74) is 7.91. The van der Waals surface area contributed by atoms with Crippen LogP contribution in [0.4, 0.5) is 5.69 Å². The second-order valence-corrected chi connectivity index (χ2v) is 5.55. The Bertz CT molecular complexity index is 613. The molecule has 21 heavy (non-hydrogen) atoms. The maximum Gasteiger partial charge on any atom is 0.253 e. The van der Waals surface area contributed by atoms with E-state index in [1.165, 1.54) is 5.56 Å². The molecule has 2 rings (SSSR count). The number of halogens is 1. The number of hydrogen-bond donors (Lipinski definition) is 2. The predicted octanol–water partition coefficient (Wildman–Crippen LogP) is 3.67. The zero-order chi connectivity index (χ0) is 15.2. The normalized spacial score (nSPS) is 11.9. The van der Waals surface area contributed by atoms with E-state index in [4.69, 9.17) is 17.3 Å². The number of nitrogens with one attached hydrogen (secondary N) is 1. The number of hydrogen-bond acceptors (Lipinski definition) is 2. The molecule has 0 fully saturated rings. The third-order valence-corrected chi connectivity index (χ3v) is 3.65. The van der Waals surface area contributed by atoms with E-state index in [1.54, 1.807) is 18.2 Å². The van der Waals surface area contributed by atoms with Crippen molar-refractivity contribution >= 4 is 23.2 Å². The highest BCUT2D eigenvalue weighted by molar-refractivity contribution is 6.34. The van der Waals surface area contributed by atoms with E-state index in [0.29, 0.717) is 16.3 Å². The van der Waals surface area contributed by atoms with Crippen molar-refractivity contribution in [2.45, 2.75) is 25.8 Å². The van der Waals surface area contributed by atoms with Crippen LogP contribution in [0.3, 0.4) is 0 Å². The third kappa shape index (κ3) is 4.50. The molecule has 0 radical (unpaired) electrons. The largest absolute Gasteiger partial charge is 0.399 e. The van der Waals surface area contributed by atoms with Crippen molar-refractivity contribution in [2.75, 3.05) is 5.73 Å². The molecule has 0 bridgehead atoms. The second-order valence-electron chi connectivity index (χ2n) is 5.14. The van der Waals surface area contributed by atoms with Crippen LogP contribution in [0.25, 0.3) is 0 Å². The summed E-state index contributed by atoms with van der Waals surface area (Å²) in [5, 5.41) is 3.37. The van der Waals surface area contributed by atoms with Gasteiger partial charge in [0.05, 0.1) is 10.6 Å². The molecule has 2 aromatic rings. The number of aryl methyl sites for hydroxylation is 1. The first kappa shape index (κ1) is 15.4. The number of anilines is 1. The quantitative estimate of drug-likeness (QED) is 0.828. The lowest BCUT2D eigenvalue weighted by atomic mass is 10.1. The summed E-state index contributed by atoms with van der Waals surface area (Å²) in [5.74, 6) is -0.187. The number of carbonyl (C=O) groups excluding carboxylic acids is 1. The van der Waals surface area contributed by atoms with Crippen molar-refractivity contribution in [1.29, 1.82) is 0 Å². The van der Waals surface area contributed by atoms with Crippen LogP contribution in [0.2, 0.25) is 5.02 Å². The molecule has 0 spiro atoms. The van der Waals surface area contributed by atoms with E-state index in [-0.39, 0.29) is 11.9 Å². The van der Waals surface area contributed by atoms with Gasteiger partial charge in [-0.25, -0.2) is 0 Å². The van der Waals surface area contributed by atoms with Gasteiger partial charge in [-0.05, 0) is 43.5 Å². The standard InChI is InChI=1S/C17H19ClN2O/c1-12(7-8-13-5-3-2-4-6-13)20-17(21)15-11-14(19)9-10-16(15)18/h2-6,9-12H,7-8,19H2,1H3,(H,20,21). The zero-order valence-electron chi connectivity index (χ0n) is 12.0. The average molecular weight is 303 g/mol. The van der Waals surface area contributed by atoms with E-state index in [0.717, 1.165) is 12.8 Å². The van der Waals surface area contributed by atoms with Gasteiger partial charge in [-0.1, -0.05) is 41.9 Å². The topological polar surface area (TPSA) is 55.1 Å². The number of nitrogen functional groups attached to an aromatic ring is 1. The first-order chi connectivity index (χ1) is 10.1. The molecule has 1 amide bonds. The Morgan fingerprint density at radius 2 is 1.95 bits per heavy atom. The first-order valence-corrected chi connectivity index (χ1v) is 7.34. The van der Waals surface area contributed by atoms with Gasteiger partial charge >= 0.3 is 0 Å². The van der Waals surface area contributed by atoms with E-state index >= 15 is 0 Å². The Hall–Kier alpha value is -2.00. The van der Waals surface area contributed by atoms with Crippen molar-refractivity contribution in [1.82, 2.24) is 5.32 Å². The molecule has 110 valence electrons. The summed E-state index contributed by atoms with van der Waals surface area (Å²) >= 11 is 6.03. The van der Waals surface area contributed by atoms with Crippen molar-refractivity contribution in [3.8, 4) is 0 Å². The number of rotatable bonds is 5. The maximum atomic E-state index is 12.2. The van der Waals surface area contributed by atoms with Gasteiger partial charge in [0.2, 0.25) is 0 Å². The lowest BCUT2D eigenvalue weighted by Crippen LogP contribution is -2.33. The smallest absolute Gasteiger partial charge is 0.253 e. The van der Waals surface area contributed by atoms with Gasteiger partial charge in [-0.3, -0.25) is 4.79 Å². The van der Waals surface area contributed by atoms with Gasteiger partial charge in [0.25, 0.3) is 5.91 Å².